The molecule has 1 N–H and O–H groups in total. The van der Waals surface area contributed by atoms with E-state index in [2.05, 4.69) is 4.98 Å². The van der Waals surface area contributed by atoms with Crippen molar-refractivity contribution in [1.82, 2.24) is 9.55 Å². The number of hydrogen-bond donors (Lipinski definition) is 1. The summed E-state index contributed by atoms with van der Waals surface area (Å²) in [6.07, 6.45) is 1.42. The second-order valence-corrected chi connectivity index (χ2v) is 4.84. The van der Waals surface area contributed by atoms with Crippen LogP contribution in [0, 0.1) is 11.3 Å². The Morgan fingerprint density at radius 1 is 1.22 bits per heavy atom. The minimum atomic E-state index is -2.82. The van der Waals surface area contributed by atoms with E-state index in [1.165, 1.54) is 24.3 Å². The van der Waals surface area contributed by atoms with Gasteiger partial charge in [-0.05, 0) is 35.9 Å². The van der Waals surface area contributed by atoms with Crippen molar-refractivity contribution in [3.05, 3.63) is 59.9 Å². The zero-order valence-corrected chi connectivity index (χ0v) is 11.8. The Morgan fingerprint density at radius 3 is 2.70 bits per heavy atom. The summed E-state index contributed by atoms with van der Waals surface area (Å²) in [5.74, 6) is -0.0783. The number of aromatic hydroxyl groups is 1. The largest absolute Gasteiger partial charge is 0.508 e. The van der Waals surface area contributed by atoms with Crippen molar-refractivity contribution in [1.29, 1.82) is 5.26 Å². The molecule has 0 atom stereocenters. The molecule has 3 aromatic rings. The minimum absolute atomic E-state index is 0.00731. The fourth-order valence-corrected chi connectivity index (χ4v) is 2.36. The Hall–Kier alpha value is -3.20. The van der Waals surface area contributed by atoms with Crippen LogP contribution in [0.2, 0.25) is 0 Å². The molecule has 114 valence electrons. The van der Waals surface area contributed by atoms with Crippen molar-refractivity contribution in [2.24, 2.45) is 0 Å². The number of nitrogens with zero attached hydrogens (tertiary/aromatic N) is 3. The quantitative estimate of drug-likeness (QED) is 0.737. The van der Waals surface area contributed by atoms with Gasteiger partial charge in [-0.3, -0.25) is 4.57 Å². The summed E-state index contributed by atoms with van der Waals surface area (Å²) in [7, 11) is 0. The molecular formula is C17H11F2N3O. The normalized spacial score (nSPS) is 11.8. The van der Waals surface area contributed by atoms with Crippen LogP contribution in [-0.4, -0.2) is 14.7 Å². The maximum Gasteiger partial charge on any atom is 0.320 e. The topological polar surface area (TPSA) is 61.8 Å². The number of hydrogen-bond acceptors (Lipinski definition) is 3. The third-order valence-electron chi connectivity index (χ3n) is 3.33. The van der Waals surface area contributed by atoms with Crippen LogP contribution in [-0.2, 0) is 0 Å². The molecule has 0 fully saturated rings. The number of phenolic OH excluding ortho intramolecular Hbond substituents is 1. The molecule has 0 bridgehead atoms. The van der Waals surface area contributed by atoms with E-state index < -0.39 is 6.55 Å². The Kier molecular flexibility index (Phi) is 3.77. The summed E-state index contributed by atoms with van der Waals surface area (Å²) in [6, 6.07) is 14.6. The molecule has 0 aliphatic carbocycles. The second-order valence-electron chi connectivity index (χ2n) is 4.84. The Morgan fingerprint density at radius 2 is 2.00 bits per heavy atom. The fourth-order valence-electron chi connectivity index (χ4n) is 2.36. The van der Waals surface area contributed by atoms with Crippen LogP contribution in [0.4, 0.5) is 8.78 Å². The van der Waals surface area contributed by atoms with Gasteiger partial charge < -0.3 is 5.11 Å². The van der Waals surface area contributed by atoms with Gasteiger partial charge in [0.15, 0.2) is 5.82 Å². The SMILES string of the molecule is N#CC(=Cc1cccc(O)c1)c1nc2ccccc2n1C(F)F. The average molecular weight is 311 g/mol. The van der Waals surface area contributed by atoms with Crippen molar-refractivity contribution in [2.75, 3.05) is 0 Å². The van der Waals surface area contributed by atoms with Gasteiger partial charge in [-0.15, -0.1) is 0 Å². The lowest BCUT2D eigenvalue weighted by Crippen LogP contribution is -2.03. The van der Waals surface area contributed by atoms with E-state index in [0.717, 1.165) is 4.57 Å². The average Bonchev–Trinajstić information content (AvgIpc) is 2.92. The van der Waals surface area contributed by atoms with Crippen LogP contribution in [0.25, 0.3) is 22.7 Å². The van der Waals surface area contributed by atoms with Gasteiger partial charge in [0.1, 0.15) is 11.8 Å². The maximum atomic E-state index is 13.4. The first-order chi connectivity index (χ1) is 11.1. The summed E-state index contributed by atoms with van der Waals surface area (Å²) >= 11 is 0. The van der Waals surface area contributed by atoms with E-state index >= 15 is 0 Å². The van der Waals surface area contributed by atoms with E-state index in [-0.39, 0.29) is 22.7 Å². The highest BCUT2D eigenvalue weighted by Crippen LogP contribution is 2.28. The van der Waals surface area contributed by atoms with Crippen molar-refractivity contribution in [3.8, 4) is 11.8 Å². The molecule has 2 aromatic carbocycles. The van der Waals surface area contributed by atoms with Crippen LogP contribution < -0.4 is 0 Å². The lowest BCUT2D eigenvalue weighted by atomic mass is 10.1. The maximum absolute atomic E-state index is 13.4. The van der Waals surface area contributed by atoms with Gasteiger partial charge in [-0.25, -0.2) is 4.98 Å². The lowest BCUT2D eigenvalue weighted by Gasteiger charge is -2.07. The monoisotopic (exact) mass is 311 g/mol. The summed E-state index contributed by atoms with van der Waals surface area (Å²) < 4.78 is 27.6. The molecule has 0 spiro atoms. The Balaban J connectivity index is 2.21. The number of imidazole rings is 1. The molecule has 6 heteroatoms. The molecular weight excluding hydrogens is 300 g/mol. The molecule has 0 aliphatic heterocycles. The predicted octanol–water partition coefficient (Wildman–Crippen LogP) is 4.20. The van der Waals surface area contributed by atoms with Crippen LogP contribution in [0.15, 0.2) is 48.5 Å². The van der Waals surface area contributed by atoms with Gasteiger partial charge in [0.2, 0.25) is 0 Å². The van der Waals surface area contributed by atoms with Crippen molar-refractivity contribution >= 4 is 22.7 Å². The third-order valence-corrected chi connectivity index (χ3v) is 3.33. The molecule has 4 nitrogen and oxygen atoms in total. The number of allylic oxidation sites excluding steroid dienone is 1. The summed E-state index contributed by atoms with van der Waals surface area (Å²) in [4.78, 5) is 4.15. The van der Waals surface area contributed by atoms with Gasteiger partial charge >= 0.3 is 6.55 Å². The molecule has 1 aromatic heterocycles. The van der Waals surface area contributed by atoms with Gasteiger partial charge in [0, 0.05) is 0 Å². The number of para-hydroxylation sites is 2. The summed E-state index contributed by atoms with van der Waals surface area (Å²) in [5, 5.41) is 18.8. The van der Waals surface area contributed by atoms with Gasteiger partial charge in [0.05, 0.1) is 16.6 Å². The number of fused-ring (bicyclic) bond motifs is 1. The Labute approximate surface area is 130 Å². The highest BCUT2D eigenvalue weighted by atomic mass is 19.3. The predicted molar refractivity (Wildman–Crippen MR) is 82.6 cm³/mol. The number of rotatable bonds is 3. The zero-order chi connectivity index (χ0) is 16.4. The molecule has 3 rings (SSSR count). The zero-order valence-electron chi connectivity index (χ0n) is 11.8. The Bertz CT molecular complexity index is 938. The van der Waals surface area contributed by atoms with E-state index in [4.69, 9.17) is 0 Å². The van der Waals surface area contributed by atoms with Crippen LogP contribution in [0.5, 0.6) is 5.75 Å². The fraction of sp³-hybridized carbons (Fsp3) is 0.0588. The molecule has 0 radical (unpaired) electrons. The highest BCUT2D eigenvalue weighted by molar-refractivity contribution is 5.91. The first-order valence-corrected chi connectivity index (χ1v) is 6.76. The standard InChI is InChI=1S/C17H11F2N3O/c18-17(19)22-15-7-2-1-6-14(15)21-16(22)12(10-20)8-11-4-3-5-13(23)9-11/h1-9,17,23H. The van der Waals surface area contributed by atoms with Gasteiger partial charge in [-0.2, -0.15) is 14.0 Å². The van der Waals surface area contributed by atoms with Crippen molar-refractivity contribution in [2.45, 2.75) is 6.55 Å². The molecule has 0 saturated heterocycles. The smallest absolute Gasteiger partial charge is 0.320 e. The molecule has 0 amide bonds. The molecule has 0 saturated carbocycles. The van der Waals surface area contributed by atoms with E-state index in [0.29, 0.717) is 11.1 Å². The second kappa shape index (κ2) is 5.89. The number of aromatic nitrogens is 2. The molecule has 0 unspecified atom stereocenters. The molecule has 23 heavy (non-hydrogen) atoms. The highest BCUT2D eigenvalue weighted by Gasteiger charge is 2.20. The summed E-state index contributed by atoms with van der Waals surface area (Å²) in [6.45, 7) is -2.82. The van der Waals surface area contributed by atoms with E-state index in [9.17, 15) is 19.1 Å². The first kappa shape index (κ1) is 14.7. The van der Waals surface area contributed by atoms with Crippen LogP contribution in [0.3, 0.4) is 0 Å². The van der Waals surface area contributed by atoms with Gasteiger partial charge in [0.25, 0.3) is 0 Å². The summed E-state index contributed by atoms with van der Waals surface area (Å²) in [5.41, 5.74) is 1.16. The third kappa shape index (κ3) is 2.77. The number of alkyl halides is 2. The molecule has 0 aliphatic rings. The number of halogens is 2. The first-order valence-electron chi connectivity index (χ1n) is 6.76. The number of nitriles is 1. The van der Waals surface area contributed by atoms with Crippen LogP contribution >= 0.6 is 0 Å². The van der Waals surface area contributed by atoms with Crippen molar-refractivity contribution in [3.63, 3.8) is 0 Å². The lowest BCUT2D eigenvalue weighted by molar-refractivity contribution is 0.0738. The number of benzene rings is 2. The van der Waals surface area contributed by atoms with Gasteiger partial charge in [-0.1, -0.05) is 24.3 Å². The number of phenols is 1. The minimum Gasteiger partial charge on any atom is -0.508 e. The van der Waals surface area contributed by atoms with Crippen molar-refractivity contribution < 1.29 is 13.9 Å². The molecule has 1 heterocycles. The van der Waals surface area contributed by atoms with E-state index in [1.807, 2.05) is 6.07 Å². The van der Waals surface area contributed by atoms with E-state index in [1.54, 1.807) is 30.3 Å². The van der Waals surface area contributed by atoms with Crippen LogP contribution in [0.1, 0.15) is 17.9 Å².